The molecule has 0 amide bonds. The predicted molar refractivity (Wildman–Crippen MR) is 83.5 cm³/mol. The maximum Gasteiger partial charge on any atom is 0.127 e. The summed E-state index contributed by atoms with van der Waals surface area (Å²) in [5, 5.41) is 3.23. The van der Waals surface area contributed by atoms with Crippen LogP contribution >= 0.6 is 31.9 Å². The van der Waals surface area contributed by atoms with Crippen LogP contribution in [0.4, 0.5) is 8.78 Å². The van der Waals surface area contributed by atoms with Crippen molar-refractivity contribution in [3.8, 4) is 0 Å². The first-order valence-electron chi connectivity index (χ1n) is 6.09. The van der Waals surface area contributed by atoms with E-state index in [1.54, 1.807) is 18.2 Å². The molecule has 2 rings (SSSR count). The Kier molecular flexibility index (Phi) is 5.29. The van der Waals surface area contributed by atoms with Crippen molar-refractivity contribution < 1.29 is 8.78 Å². The Balaban J connectivity index is 2.08. The van der Waals surface area contributed by atoms with Crippen molar-refractivity contribution in [1.29, 1.82) is 0 Å². The van der Waals surface area contributed by atoms with Crippen LogP contribution in [0.3, 0.4) is 0 Å². The molecule has 0 fully saturated rings. The molecule has 106 valence electrons. The van der Waals surface area contributed by atoms with E-state index in [0.717, 1.165) is 10.0 Å². The molecular weight excluding hydrogens is 392 g/mol. The van der Waals surface area contributed by atoms with Gasteiger partial charge in [-0.2, -0.15) is 0 Å². The van der Waals surface area contributed by atoms with Crippen LogP contribution in [0, 0.1) is 11.6 Å². The van der Waals surface area contributed by atoms with E-state index in [2.05, 4.69) is 37.2 Å². The van der Waals surface area contributed by atoms with Crippen molar-refractivity contribution in [3.05, 3.63) is 68.1 Å². The third kappa shape index (κ3) is 3.87. The normalized spacial score (nSPS) is 12.4. The van der Waals surface area contributed by atoms with Gasteiger partial charge in [-0.25, -0.2) is 8.78 Å². The van der Waals surface area contributed by atoms with Crippen molar-refractivity contribution in [1.82, 2.24) is 5.32 Å². The molecular formula is C15H13Br2F2N. The molecule has 1 nitrogen and oxygen atoms in total. The van der Waals surface area contributed by atoms with Crippen molar-refractivity contribution >= 4 is 31.9 Å². The number of rotatable bonds is 4. The number of benzene rings is 2. The molecule has 0 saturated carbocycles. The lowest BCUT2D eigenvalue weighted by Crippen LogP contribution is -2.19. The number of nitrogens with one attached hydrogen (secondary N) is 1. The summed E-state index contributed by atoms with van der Waals surface area (Å²) in [5.41, 5.74) is 1.52. The summed E-state index contributed by atoms with van der Waals surface area (Å²) < 4.78 is 28.2. The van der Waals surface area contributed by atoms with Gasteiger partial charge >= 0.3 is 0 Å². The monoisotopic (exact) mass is 403 g/mol. The lowest BCUT2D eigenvalue weighted by atomic mass is 10.1. The van der Waals surface area contributed by atoms with Crippen LogP contribution in [0.15, 0.2) is 45.3 Å². The number of halogens is 4. The standard InChI is InChI=1S/C15H13Br2F2N/c1-9(13-4-3-12(18)7-14(13)17)20-8-10-6-11(16)2-5-15(10)19/h2-7,9,20H,8H2,1H3. The zero-order valence-electron chi connectivity index (χ0n) is 10.8. The molecule has 2 aromatic rings. The highest BCUT2D eigenvalue weighted by molar-refractivity contribution is 9.10. The first-order chi connectivity index (χ1) is 9.47. The van der Waals surface area contributed by atoms with E-state index in [-0.39, 0.29) is 17.7 Å². The van der Waals surface area contributed by atoms with Gasteiger partial charge in [0.2, 0.25) is 0 Å². The lowest BCUT2D eigenvalue weighted by molar-refractivity contribution is 0.541. The molecule has 0 bridgehead atoms. The van der Waals surface area contributed by atoms with Crippen molar-refractivity contribution in [2.75, 3.05) is 0 Å². The van der Waals surface area contributed by atoms with Gasteiger partial charge in [-0.1, -0.05) is 37.9 Å². The summed E-state index contributed by atoms with van der Waals surface area (Å²) in [4.78, 5) is 0. The molecule has 0 heterocycles. The van der Waals surface area contributed by atoms with E-state index >= 15 is 0 Å². The van der Waals surface area contributed by atoms with Crippen LogP contribution in [0.5, 0.6) is 0 Å². The molecule has 1 atom stereocenters. The summed E-state index contributed by atoms with van der Waals surface area (Å²) in [6.07, 6.45) is 0. The lowest BCUT2D eigenvalue weighted by Gasteiger charge is -2.16. The summed E-state index contributed by atoms with van der Waals surface area (Å²) in [6, 6.07) is 9.37. The van der Waals surface area contributed by atoms with Crippen LogP contribution < -0.4 is 5.32 Å². The van der Waals surface area contributed by atoms with E-state index in [9.17, 15) is 8.78 Å². The Bertz CT molecular complexity index is 617. The smallest absolute Gasteiger partial charge is 0.127 e. The van der Waals surface area contributed by atoms with Gasteiger partial charge in [0.15, 0.2) is 0 Å². The molecule has 5 heteroatoms. The second-order valence-corrected chi connectivity index (χ2v) is 6.27. The van der Waals surface area contributed by atoms with E-state index in [0.29, 0.717) is 16.6 Å². The Morgan fingerprint density at radius 2 is 1.85 bits per heavy atom. The molecule has 20 heavy (non-hydrogen) atoms. The van der Waals surface area contributed by atoms with Gasteiger partial charge in [0.1, 0.15) is 11.6 Å². The topological polar surface area (TPSA) is 12.0 Å². The van der Waals surface area contributed by atoms with Crippen molar-refractivity contribution in [2.45, 2.75) is 19.5 Å². The molecule has 0 spiro atoms. The fourth-order valence-electron chi connectivity index (χ4n) is 1.90. The van der Waals surface area contributed by atoms with Crippen molar-refractivity contribution in [3.63, 3.8) is 0 Å². The quantitative estimate of drug-likeness (QED) is 0.725. The maximum atomic E-state index is 13.6. The zero-order valence-corrected chi connectivity index (χ0v) is 13.9. The Labute approximate surface area is 133 Å². The van der Waals surface area contributed by atoms with Crippen LogP contribution in [0.2, 0.25) is 0 Å². The third-order valence-corrected chi connectivity index (χ3v) is 4.22. The average molecular weight is 405 g/mol. The molecule has 0 aromatic heterocycles. The SMILES string of the molecule is CC(NCc1cc(Br)ccc1F)c1ccc(F)cc1Br. The summed E-state index contributed by atoms with van der Waals surface area (Å²) in [6.45, 7) is 2.35. The van der Waals surface area contributed by atoms with Gasteiger partial charge in [0, 0.05) is 27.1 Å². The fourth-order valence-corrected chi connectivity index (χ4v) is 3.01. The summed E-state index contributed by atoms with van der Waals surface area (Å²) >= 11 is 6.66. The summed E-state index contributed by atoms with van der Waals surface area (Å²) in [7, 11) is 0. The van der Waals surface area contributed by atoms with E-state index in [4.69, 9.17) is 0 Å². The van der Waals surface area contributed by atoms with Crippen LogP contribution in [-0.4, -0.2) is 0 Å². The highest BCUT2D eigenvalue weighted by atomic mass is 79.9. The summed E-state index contributed by atoms with van der Waals surface area (Å²) in [5.74, 6) is -0.531. The first kappa shape index (κ1) is 15.6. The largest absolute Gasteiger partial charge is 0.306 e. The van der Waals surface area contributed by atoms with Gasteiger partial charge in [0.25, 0.3) is 0 Å². The van der Waals surface area contributed by atoms with Gasteiger partial charge in [-0.05, 0) is 42.8 Å². The second-order valence-electron chi connectivity index (χ2n) is 4.50. The Hall–Kier alpha value is -0.780. The molecule has 0 saturated heterocycles. The molecule has 0 radical (unpaired) electrons. The minimum absolute atomic E-state index is 0.0247. The number of hydrogen-bond donors (Lipinski definition) is 1. The van der Waals surface area contributed by atoms with Gasteiger partial charge < -0.3 is 5.32 Å². The van der Waals surface area contributed by atoms with Crippen LogP contribution in [0.1, 0.15) is 24.1 Å². The van der Waals surface area contributed by atoms with Gasteiger partial charge in [-0.15, -0.1) is 0 Å². The molecule has 2 aromatic carbocycles. The molecule has 0 aliphatic rings. The second kappa shape index (κ2) is 6.78. The van der Waals surface area contributed by atoms with E-state index in [1.165, 1.54) is 18.2 Å². The molecule has 0 aliphatic carbocycles. The third-order valence-electron chi connectivity index (χ3n) is 3.04. The Morgan fingerprint density at radius 1 is 1.10 bits per heavy atom. The first-order valence-corrected chi connectivity index (χ1v) is 7.68. The van der Waals surface area contributed by atoms with E-state index < -0.39 is 0 Å². The Morgan fingerprint density at radius 3 is 2.55 bits per heavy atom. The van der Waals surface area contributed by atoms with Crippen LogP contribution in [-0.2, 0) is 6.54 Å². The van der Waals surface area contributed by atoms with Gasteiger partial charge in [-0.3, -0.25) is 0 Å². The highest BCUT2D eigenvalue weighted by Crippen LogP contribution is 2.25. The average Bonchev–Trinajstić information content (AvgIpc) is 2.39. The zero-order chi connectivity index (χ0) is 14.7. The molecule has 1 unspecified atom stereocenters. The number of hydrogen-bond acceptors (Lipinski definition) is 1. The fraction of sp³-hybridized carbons (Fsp3) is 0.200. The maximum absolute atomic E-state index is 13.6. The van der Waals surface area contributed by atoms with Crippen molar-refractivity contribution in [2.24, 2.45) is 0 Å². The van der Waals surface area contributed by atoms with Gasteiger partial charge in [0.05, 0.1) is 0 Å². The van der Waals surface area contributed by atoms with E-state index in [1.807, 2.05) is 6.92 Å². The highest BCUT2D eigenvalue weighted by Gasteiger charge is 2.11. The van der Waals surface area contributed by atoms with Crippen LogP contribution in [0.25, 0.3) is 0 Å². The minimum Gasteiger partial charge on any atom is -0.306 e. The molecule has 1 N–H and O–H groups in total. The molecule has 0 aliphatic heterocycles. The minimum atomic E-state index is -0.286. The predicted octanol–water partition coefficient (Wildman–Crippen LogP) is 5.34.